The first kappa shape index (κ1) is 27.1. The highest BCUT2D eigenvalue weighted by atomic mass is 35.5. The predicted octanol–water partition coefficient (Wildman–Crippen LogP) is 4.09. The number of pyridine rings is 1. The van der Waals surface area contributed by atoms with Gasteiger partial charge in [0.15, 0.2) is 0 Å². The van der Waals surface area contributed by atoms with Crippen molar-refractivity contribution < 1.29 is 9.90 Å². The number of likely N-dealkylation sites (N-methyl/N-ethyl adjacent to an activating group) is 1. The average molecular weight is 481 g/mol. The molecule has 0 aliphatic heterocycles. The van der Waals surface area contributed by atoms with Crippen molar-refractivity contribution in [3.8, 4) is 11.8 Å². The normalized spacial score (nSPS) is 11.9. The van der Waals surface area contributed by atoms with Gasteiger partial charge >= 0.3 is 0 Å². The molecule has 1 atom stereocenters. The van der Waals surface area contributed by atoms with Crippen LogP contribution < -0.4 is 11.1 Å². The lowest BCUT2D eigenvalue weighted by molar-refractivity contribution is -0.117. The number of rotatable bonds is 9. The molecular formula is C27H33ClN4O2. The Labute approximate surface area is 207 Å². The fourth-order valence-corrected chi connectivity index (χ4v) is 3.39. The van der Waals surface area contributed by atoms with Gasteiger partial charge in [-0.15, -0.1) is 0 Å². The third kappa shape index (κ3) is 7.74. The number of carbonyl (C=O) groups is 1. The zero-order valence-electron chi connectivity index (χ0n) is 20.3. The number of aromatic nitrogens is 1. The number of nitrogens with zero attached hydrogens (tertiary/aromatic N) is 2. The number of hydrogen-bond donors (Lipinski definition) is 3. The number of aliphatic hydroxyl groups excluding tert-OH is 1. The van der Waals surface area contributed by atoms with Gasteiger partial charge in [0.1, 0.15) is 5.82 Å². The summed E-state index contributed by atoms with van der Waals surface area (Å²) in [6, 6.07) is 5.49. The Morgan fingerprint density at radius 2 is 2.03 bits per heavy atom. The molecule has 34 heavy (non-hydrogen) atoms. The number of nitrogen functional groups attached to an aromatic ring is 1. The van der Waals surface area contributed by atoms with E-state index in [0.29, 0.717) is 22.9 Å². The highest BCUT2D eigenvalue weighted by Crippen LogP contribution is 2.25. The van der Waals surface area contributed by atoms with Gasteiger partial charge in [-0.05, 0) is 51.2 Å². The van der Waals surface area contributed by atoms with Crippen molar-refractivity contribution in [1.29, 1.82) is 0 Å². The van der Waals surface area contributed by atoms with Gasteiger partial charge in [-0.25, -0.2) is 4.98 Å². The number of aliphatic hydroxyl groups is 1. The highest BCUT2D eigenvalue weighted by molar-refractivity contribution is 6.31. The topological polar surface area (TPSA) is 91.5 Å². The second-order valence-corrected chi connectivity index (χ2v) is 8.56. The number of hydrogen-bond acceptors (Lipinski definition) is 5. The van der Waals surface area contributed by atoms with Crippen molar-refractivity contribution in [1.82, 2.24) is 15.2 Å². The minimum absolute atomic E-state index is 0.160. The number of allylic oxidation sites excluding steroid dienone is 3. The highest BCUT2D eigenvalue weighted by Gasteiger charge is 2.11. The Hall–Kier alpha value is -3.11. The van der Waals surface area contributed by atoms with Gasteiger partial charge in [-0.2, -0.15) is 0 Å². The average Bonchev–Trinajstić information content (AvgIpc) is 2.81. The molecule has 0 saturated heterocycles. The van der Waals surface area contributed by atoms with E-state index in [1.54, 1.807) is 24.4 Å². The van der Waals surface area contributed by atoms with Crippen LogP contribution in [-0.2, 0) is 4.79 Å². The van der Waals surface area contributed by atoms with E-state index < -0.39 is 6.10 Å². The molecule has 1 aromatic carbocycles. The number of nitrogens with two attached hydrogens (primary N) is 1. The molecule has 7 heteroatoms. The smallest absolute Gasteiger partial charge is 0.250 e. The monoisotopic (exact) mass is 480 g/mol. The number of carbonyl (C=O) groups excluding carboxylic acids is 1. The lowest BCUT2D eigenvalue weighted by Crippen LogP contribution is -2.40. The summed E-state index contributed by atoms with van der Waals surface area (Å²) in [6.45, 7) is 14.1. The molecule has 0 aliphatic carbocycles. The molecule has 0 spiro atoms. The van der Waals surface area contributed by atoms with Crippen LogP contribution in [0.15, 0.2) is 59.8 Å². The van der Waals surface area contributed by atoms with E-state index in [2.05, 4.69) is 33.6 Å². The maximum Gasteiger partial charge on any atom is 0.250 e. The molecule has 4 N–H and O–H groups in total. The Morgan fingerprint density at radius 3 is 2.68 bits per heavy atom. The molecule has 1 amide bonds. The summed E-state index contributed by atoms with van der Waals surface area (Å²) in [7, 11) is 0. The standard InChI is InChI=1S/C27H33ClN4O2/c1-6-32(7-2)17-23(33)16-31-27(34)19(5)8-9-20(18(3)4)11-13-24-25-14-22(28)12-10-21(25)15-30-26(24)29/h8-10,12,14-15,23,33H,5-7,16-17H2,1-4H3,(H2,29,30)(H,31,34)/b9-8-. The van der Waals surface area contributed by atoms with Gasteiger partial charge in [-0.1, -0.05) is 55.5 Å². The van der Waals surface area contributed by atoms with Crippen LogP contribution in [0.3, 0.4) is 0 Å². The summed E-state index contributed by atoms with van der Waals surface area (Å²) in [5, 5.41) is 15.2. The zero-order valence-corrected chi connectivity index (χ0v) is 21.0. The number of benzene rings is 1. The predicted molar refractivity (Wildman–Crippen MR) is 142 cm³/mol. The largest absolute Gasteiger partial charge is 0.390 e. The summed E-state index contributed by atoms with van der Waals surface area (Å²) in [5.74, 6) is 6.23. The lowest BCUT2D eigenvalue weighted by atomic mass is 10.1. The van der Waals surface area contributed by atoms with Gasteiger partial charge in [0.25, 0.3) is 5.91 Å². The molecule has 6 nitrogen and oxygen atoms in total. The number of anilines is 1. The second-order valence-electron chi connectivity index (χ2n) is 8.12. The van der Waals surface area contributed by atoms with E-state index in [4.69, 9.17) is 17.3 Å². The molecule has 2 aromatic rings. The van der Waals surface area contributed by atoms with Gasteiger partial charge in [0, 0.05) is 46.2 Å². The Morgan fingerprint density at radius 1 is 1.32 bits per heavy atom. The molecule has 1 unspecified atom stereocenters. The van der Waals surface area contributed by atoms with Crippen molar-refractivity contribution in [2.24, 2.45) is 0 Å². The van der Waals surface area contributed by atoms with Crippen LogP contribution in [-0.4, -0.2) is 53.2 Å². The van der Waals surface area contributed by atoms with Crippen LogP contribution >= 0.6 is 11.6 Å². The molecule has 2 rings (SSSR count). The van der Waals surface area contributed by atoms with E-state index in [1.807, 2.05) is 39.8 Å². The summed E-state index contributed by atoms with van der Waals surface area (Å²) < 4.78 is 0. The third-order valence-corrected chi connectivity index (χ3v) is 5.58. The van der Waals surface area contributed by atoms with Crippen molar-refractivity contribution in [2.75, 3.05) is 31.9 Å². The fourth-order valence-electron chi connectivity index (χ4n) is 3.22. The van der Waals surface area contributed by atoms with Crippen LogP contribution in [0.4, 0.5) is 5.82 Å². The van der Waals surface area contributed by atoms with E-state index in [1.165, 1.54) is 0 Å². The number of halogens is 1. The quantitative estimate of drug-likeness (QED) is 0.285. The summed E-state index contributed by atoms with van der Waals surface area (Å²) in [4.78, 5) is 18.7. The number of amides is 1. The van der Waals surface area contributed by atoms with Crippen molar-refractivity contribution in [2.45, 2.75) is 33.8 Å². The van der Waals surface area contributed by atoms with Crippen LogP contribution in [0.1, 0.15) is 33.3 Å². The van der Waals surface area contributed by atoms with E-state index >= 15 is 0 Å². The van der Waals surface area contributed by atoms with Crippen molar-refractivity contribution in [3.63, 3.8) is 0 Å². The fraction of sp³-hybridized carbons (Fsp3) is 0.333. The molecule has 1 heterocycles. The summed E-state index contributed by atoms with van der Waals surface area (Å²) >= 11 is 6.16. The van der Waals surface area contributed by atoms with Crippen molar-refractivity contribution >= 4 is 34.1 Å². The lowest BCUT2D eigenvalue weighted by Gasteiger charge is -2.22. The van der Waals surface area contributed by atoms with Crippen LogP contribution in [0.25, 0.3) is 10.8 Å². The molecule has 1 aromatic heterocycles. The van der Waals surface area contributed by atoms with Crippen molar-refractivity contribution in [3.05, 3.63) is 70.4 Å². The summed E-state index contributed by atoms with van der Waals surface area (Å²) in [6.07, 6.45) is 4.41. The summed E-state index contributed by atoms with van der Waals surface area (Å²) in [5.41, 5.74) is 8.66. The van der Waals surface area contributed by atoms with Crippen LogP contribution in [0.5, 0.6) is 0 Å². The Kier molecular flexibility index (Phi) is 10.3. The van der Waals surface area contributed by atoms with Gasteiger partial charge in [0.05, 0.1) is 11.7 Å². The third-order valence-electron chi connectivity index (χ3n) is 5.35. The zero-order chi connectivity index (χ0) is 25.3. The van der Waals surface area contributed by atoms with Gasteiger partial charge in [0.2, 0.25) is 0 Å². The van der Waals surface area contributed by atoms with Gasteiger partial charge in [-0.3, -0.25) is 4.79 Å². The maximum absolute atomic E-state index is 12.4. The first-order valence-electron chi connectivity index (χ1n) is 11.2. The SMILES string of the molecule is C=C(/C=C\C(C#Cc1c(N)ncc2ccc(Cl)cc12)=C(C)C)C(=O)NCC(O)CN(CC)CC. The minimum atomic E-state index is -0.645. The molecular weight excluding hydrogens is 448 g/mol. The first-order chi connectivity index (χ1) is 16.2. The van der Waals surface area contributed by atoms with E-state index in [0.717, 1.165) is 35.0 Å². The number of fused-ring (bicyclic) bond motifs is 1. The molecule has 0 radical (unpaired) electrons. The maximum atomic E-state index is 12.4. The van der Waals surface area contributed by atoms with Gasteiger partial charge < -0.3 is 21.1 Å². The van der Waals surface area contributed by atoms with Crippen LogP contribution in [0, 0.1) is 11.8 Å². The molecule has 0 bridgehead atoms. The molecule has 0 aliphatic rings. The van der Waals surface area contributed by atoms with E-state index in [-0.39, 0.29) is 18.0 Å². The van der Waals surface area contributed by atoms with Crippen LogP contribution in [0.2, 0.25) is 5.02 Å². The second kappa shape index (κ2) is 13.0. The molecule has 0 fully saturated rings. The number of nitrogens with one attached hydrogen (secondary N) is 1. The Bertz CT molecular complexity index is 1160. The van der Waals surface area contributed by atoms with E-state index in [9.17, 15) is 9.90 Å². The Balaban J connectivity index is 2.13. The molecule has 0 saturated carbocycles. The molecule has 180 valence electrons. The first-order valence-corrected chi connectivity index (χ1v) is 11.6. The minimum Gasteiger partial charge on any atom is -0.390 e.